The van der Waals surface area contributed by atoms with Gasteiger partial charge >= 0.3 is 0 Å². The summed E-state index contributed by atoms with van der Waals surface area (Å²) in [7, 11) is 0. The minimum Gasteiger partial charge on any atom is -0.310 e. The van der Waals surface area contributed by atoms with E-state index >= 15 is 0 Å². The summed E-state index contributed by atoms with van der Waals surface area (Å²) in [5.41, 5.74) is 19.8. The van der Waals surface area contributed by atoms with Crippen molar-refractivity contribution in [3.05, 3.63) is 284 Å². The summed E-state index contributed by atoms with van der Waals surface area (Å²) in [4.78, 5) is 16.7. The van der Waals surface area contributed by atoms with Gasteiger partial charge in [-0.2, -0.15) is 0 Å². The molecule has 1 aliphatic carbocycles. The van der Waals surface area contributed by atoms with Crippen LogP contribution in [0, 0.1) is 5.41 Å². The van der Waals surface area contributed by atoms with E-state index in [-0.39, 0.29) is 0 Å². The molecule has 0 amide bonds. The second kappa shape index (κ2) is 20.0. The average molecular weight is 1200 g/mol. The number of benzene rings is 14. The number of hydrogen-bond acceptors (Lipinski definition) is 8. The van der Waals surface area contributed by atoms with Gasteiger partial charge in [-0.15, -0.1) is 22.7 Å². The second-order valence-electron chi connectivity index (χ2n) is 23.3. The van der Waals surface area contributed by atoms with Crippen LogP contribution in [-0.4, -0.2) is 14.6 Å². The molecule has 0 fully saturated rings. The molecule has 90 heavy (non-hydrogen) atoms. The van der Waals surface area contributed by atoms with Crippen LogP contribution in [0.15, 0.2) is 289 Å². The van der Waals surface area contributed by atoms with Crippen LogP contribution < -0.4 is 15.7 Å². The predicted octanol–water partition coefficient (Wildman–Crippen LogP) is 22.8. The standard InChI is InChI=1S/C81H48N6S3/c82-66-27-13-31-72-75(66)78(63-40-34-48-16-5-7-22-56(48)80(63)89-72)85-87-69-29-9-8-23-59(69)64-44-50(36-41-70(64)87)51-37-42-71-65(45-51)60-38-35-52(46-74(60)88-71)49-17-10-20-54(43-49)86(53-18-2-1-3-19-53)68-30-12-24-57-58(68)25-11-26-61(57)81-83-67-28-14-32-73-76(67)77(84-81)62-39-33-47-15-4-6-21-55(47)79(62)90-73/h1-46,82,85H. The van der Waals surface area contributed by atoms with Crippen molar-refractivity contribution in [2.24, 2.45) is 0 Å². The van der Waals surface area contributed by atoms with E-state index in [1.807, 2.05) is 35.2 Å². The van der Waals surface area contributed by atoms with E-state index in [4.69, 9.17) is 9.97 Å². The number of hydrogen-bond donors (Lipinski definition) is 2. The third-order valence-corrected chi connectivity index (χ3v) is 21.7. The van der Waals surface area contributed by atoms with Crippen molar-refractivity contribution in [2.45, 2.75) is 9.79 Å². The fourth-order valence-corrected chi connectivity index (χ4v) is 17.6. The summed E-state index contributed by atoms with van der Waals surface area (Å²) in [6.07, 6.45) is 0. The van der Waals surface area contributed by atoms with Crippen LogP contribution in [0.4, 0.5) is 22.7 Å². The Labute approximate surface area is 528 Å². The zero-order chi connectivity index (χ0) is 59.1. The zero-order valence-electron chi connectivity index (χ0n) is 48.1. The van der Waals surface area contributed by atoms with Crippen molar-refractivity contribution in [2.75, 3.05) is 10.3 Å². The highest BCUT2D eigenvalue weighted by Crippen LogP contribution is 2.51. The van der Waals surface area contributed by atoms with Gasteiger partial charge in [0.25, 0.3) is 0 Å². The first kappa shape index (κ1) is 51.1. The minimum absolute atomic E-state index is 0.502. The topological polar surface area (TPSA) is 69.8 Å². The van der Waals surface area contributed by atoms with Crippen LogP contribution in [0.5, 0.6) is 0 Å². The average Bonchev–Trinajstić information content (AvgIpc) is 1.15. The number of para-hydroxylation sites is 2. The van der Waals surface area contributed by atoms with Crippen LogP contribution in [0.25, 0.3) is 151 Å². The van der Waals surface area contributed by atoms with Crippen LogP contribution in [0.2, 0.25) is 0 Å². The van der Waals surface area contributed by atoms with E-state index in [1.54, 1.807) is 11.3 Å². The number of rotatable bonds is 8. The van der Waals surface area contributed by atoms with E-state index in [2.05, 4.69) is 282 Å². The largest absolute Gasteiger partial charge is 0.310 e. The molecule has 9 heteroatoms. The molecule has 2 N–H and O–H groups in total. The minimum atomic E-state index is 0.502. The number of thiophene rings is 1. The number of fused-ring (bicyclic) bond motifs is 15. The van der Waals surface area contributed by atoms with E-state index < -0.39 is 0 Å². The highest BCUT2D eigenvalue weighted by molar-refractivity contribution is 8.00. The van der Waals surface area contributed by atoms with Crippen molar-refractivity contribution >= 4 is 152 Å². The quantitative estimate of drug-likeness (QED) is 0.117. The Kier molecular flexibility index (Phi) is 11.4. The van der Waals surface area contributed by atoms with Crippen molar-refractivity contribution < 1.29 is 0 Å². The molecule has 16 aromatic rings. The number of nitrogens with one attached hydrogen (secondary N) is 2. The molecule has 3 aliphatic rings. The van der Waals surface area contributed by atoms with Gasteiger partial charge in [0.05, 0.1) is 39.0 Å². The zero-order valence-corrected chi connectivity index (χ0v) is 50.5. The normalized spacial score (nSPS) is 12.2. The van der Waals surface area contributed by atoms with E-state index in [0.717, 1.165) is 116 Å². The molecule has 0 unspecified atom stereocenters. The van der Waals surface area contributed by atoms with Crippen LogP contribution in [0.1, 0.15) is 0 Å². The Balaban J connectivity index is 0.675. The van der Waals surface area contributed by atoms with Gasteiger partial charge in [-0.1, -0.05) is 200 Å². The Morgan fingerprint density at radius 3 is 2.00 bits per heavy atom. The maximum atomic E-state index is 9.19. The molecule has 19 rings (SSSR count). The molecule has 0 bridgehead atoms. The number of anilines is 4. The smallest absolute Gasteiger partial charge is 0.161 e. The first-order valence-corrected chi connectivity index (χ1v) is 32.6. The lowest BCUT2D eigenvalue weighted by molar-refractivity contribution is 1.06. The van der Waals surface area contributed by atoms with Crippen LogP contribution in [0.3, 0.4) is 0 Å². The highest BCUT2D eigenvalue weighted by atomic mass is 32.2. The van der Waals surface area contributed by atoms with Gasteiger partial charge in [0, 0.05) is 94.5 Å². The lowest BCUT2D eigenvalue weighted by atomic mass is 9.98. The summed E-state index contributed by atoms with van der Waals surface area (Å²) >= 11 is 5.43. The Hall–Kier alpha value is -10.9. The van der Waals surface area contributed by atoms with Crippen molar-refractivity contribution in [3.8, 4) is 55.3 Å². The first-order valence-electron chi connectivity index (χ1n) is 30.2. The van der Waals surface area contributed by atoms with Crippen LogP contribution >= 0.6 is 34.4 Å². The summed E-state index contributed by atoms with van der Waals surface area (Å²) in [6.45, 7) is 0. The van der Waals surface area contributed by atoms with Crippen LogP contribution in [-0.2, 0) is 0 Å². The Morgan fingerprint density at radius 2 is 1.09 bits per heavy atom. The summed E-state index contributed by atoms with van der Waals surface area (Å²) < 4.78 is 5.93. The van der Waals surface area contributed by atoms with Gasteiger partial charge in [0.15, 0.2) is 5.82 Å². The fraction of sp³-hybridized carbons (Fsp3) is 0. The molecule has 3 aromatic heterocycles. The summed E-state index contributed by atoms with van der Waals surface area (Å²) in [6, 6.07) is 101. The molecular formula is C81H48N6S3. The highest BCUT2D eigenvalue weighted by Gasteiger charge is 2.26. The van der Waals surface area contributed by atoms with Gasteiger partial charge in [-0.3, -0.25) is 10.1 Å². The third kappa shape index (κ3) is 7.93. The van der Waals surface area contributed by atoms with Crippen molar-refractivity contribution in [1.82, 2.24) is 14.6 Å². The molecule has 0 atom stereocenters. The lowest BCUT2D eigenvalue weighted by Crippen LogP contribution is -2.14. The maximum absolute atomic E-state index is 9.19. The molecule has 0 spiro atoms. The number of aromatic nitrogens is 3. The Morgan fingerprint density at radius 1 is 0.411 bits per heavy atom. The second-order valence-corrected chi connectivity index (χ2v) is 26.4. The molecule has 2 aliphatic heterocycles. The SMILES string of the molecule is N=c1cccc2sc3c(ccc4ccccc43)c(Nn3c4ccccc4c4cc(-c5ccc6sc7cc(-c8cccc(N(c9ccccc9)c9cccc%10c(-c%11nc%12c%13c(cccc%13n%11)Sc%11c-%12ccc%12ccccc%11%12)cccc9%10)c8)ccc7c6c5)ccc43)c1-2. The summed E-state index contributed by atoms with van der Waals surface area (Å²) in [5.74, 6) is 0.714. The monoisotopic (exact) mass is 1200 g/mol. The molecule has 0 saturated carbocycles. The molecule has 6 nitrogen and oxygen atoms in total. The van der Waals surface area contributed by atoms with E-state index in [1.165, 1.54) is 61.8 Å². The fourth-order valence-electron chi connectivity index (χ4n) is 14.0. The maximum Gasteiger partial charge on any atom is 0.161 e. The molecular weight excluding hydrogens is 1150 g/mol. The van der Waals surface area contributed by atoms with Gasteiger partial charge in [-0.05, 0) is 140 Å². The Bertz CT molecular complexity index is 6100. The van der Waals surface area contributed by atoms with E-state index in [9.17, 15) is 5.41 Å². The lowest BCUT2D eigenvalue weighted by Gasteiger charge is -2.27. The van der Waals surface area contributed by atoms with Gasteiger partial charge in [0.2, 0.25) is 0 Å². The molecule has 0 saturated heterocycles. The third-order valence-electron chi connectivity index (χ3n) is 18.2. The molecule has 5 heterocycles. The van der Waals surface area contributed by atoms with E-state index in [0.29, 0.717) is 11.2 Å². The number of nitrogens with zero attached hydrogens (tertiary/aromatic N) is 4. The first-order chi connectivity index (χ1) is 44.5. The molecule has 420 valence electrons. The van der Waals surface area contributed by atoms with Gasteiger partial charge in [0.1, 0.15) is 0 Å². The van der Waals surface area contributed by atoms with Crippen molar-refractivity contribution in [3.63, 3.8) is 0 Å². The summed E-state index contributed by atoms with van der Waals surface area (Å²) in [5, 5.41) is 23.8. The van der Waals surface area contributed by atoms with Gasteiger partial charge in [-0.25, -0.2) is 9.97 Å². The molecule has 0 radical (unpaired) electrons. The van der Waals surface area contributed by atoms with Gasteiger partial charge < -0.3 is 10.3 Å². The van der Waals surface area contributed by atoms with Crippen molar-refractivity contribution in [1.29, 1.82) is 5.41 Å². The predicted molar refractivity (Wildman–Crippen MR) is 382 cm³/mol. The molecule has 13 aromatic carbocycles.